The highest BCUT2D eigenvalue weighted by Crippen LogP contribution is 2.29. The molecule has 1 atom stereocenters. The van der Waals surface area contributed by atoms with E-state index in [1.54, 1.807) is 30.0 Å². The number of halogens is 2. The van der Waals surface area contributed by atoms with Crippen LogP contribution in [0.2, 0.25) is 10.0 Å². The summed E-state index contributed by atoms with van der Waals surface area (Å²) in [6, 6.07) is 10.5. The number of hydrogen-bond donors (Lipinski definition) is 1. The average molecular weight is 536 g/mol. The Balaban J connectivity index is 1.75. The Morgan fingerprint density at radius 1 is 1.03 bits per heavy atom. The standard InChI is InChI=1S/C28H36Cl2N2O4/c1-4-35-25-14-10-20(16-26(25)36-5-2)11-15-27(33)32(18-21-12-13-22(29)17-24(21)30)19(3)28(34)31-23-8-6-7-9-23/h10,12-14,16-17,19,23H,4-9,11,15,18H2,1-3H3,(H,31,34)/t19-/m1/s1. The molecular formula is C28H36Cl2N2O4. The van der Waals surface area contributed by atoms with Crippen LogP contribution in [-0.4, -0.2) is 42.0 Å². The molecule has 0 bridgehead atoms. The molecule has 1 fully saturated rings. The number of carbonyl (C=O) groups is 2. The molecule has 1 saturated carbocycles. The summed E-state index contributed by atoms with van der Waals surface area (Å²) in [6.07, 6.45) is 4.95. The third kappa shape index (κ3) is 7.78. The maximum atomic E-state index is 13.5. The van der Waals surface area contributed by atoms with Gasteiger partial charge in [0.1, 0.15) is 6.04 Å². The van der Waals surface area contributed by atoms with Crippen LogP contribution in [0.15, 0.2) is 36.4 Å². The Bertz CT molecular complexity index is 1040. The fourth-order valence-electron chi connectivity index (χ4n) is 4.45. The largest absolute Gasteiger partial charge is 0.490 e. The van der Waals surface area contributed by atoms with Crippen LogP contribution in [0.5, 0.6) is 11.5 Å². The summed E-state index contributed by atoms with van der Waals surface area (Å²) in [4.78, 5) is 28.2. The Kier molecular flexibility index (Phi) is 10.7. The molecule has 196 valence electrons. The number of rotatable bonds is 12. The highest BCUT2D eigenvalue weighted by atomic mass is 35.5. The third-order valence-corrected chi connectivity index (χ3v) is 7.05. The van der Waals surface area contributed by atoms with E-state index in [0.29, 0.717) is 41.2 Å². The van der Waals surface area contributed by atoms with Crippen molar-refractivity contribution in [3.63, 3.8) is 0 Å². The molecule has 0 saturated heterocycles. The third-order valence-electron chi connectivity index (χ3n) is 6.46. The summed E-state index contributed by atoms with van der Waals surface area (Å²) in [7, 11) is 0. The van der Waals surface area contributed by atoms with Crippen molar-refractivity contribution in [2.45, 2.75) is 77.9 Å². The first-order valence-corrected chi connectivity index (χ1v) is 13.5. The topological polar surface area (TPSA) is 67.9 Å². The minimum absolute atomic E-state index is 0.123. The lowest BCUT2D eigenvalue weighted by atomic mass is 10.1. The summed E-state index contributed by atoms with van der Waals surface area (Å²) in [5.41, 5.74) is 1.71. The van der Waals surface area contributed by atoms with Crippen molar-refractivity contribution < 1.29 is 19.1 Å². The van der Waals surface area contributed by atoms with Crippen LogP contribution in [0.1, 0.15) is 64.0 Å². The van der Waals surface area contributed by atoms with Crippen molar-refractivity contribution >= 4 is 35.0 Å². The van der Waals surface area contributed by atoms with Crippen LogP contribution >= 0.6 is 23.2 Å². The van der Waals surface area contributed by atoms with Gasteiger partial charge in [-0.1, -0.05) is 48.2 Å². The van der Waals surface area contributed by atoms with Gasteiger partial charge in [0.15, 0.2) is 11.5 Å². The lowest BCUT2D eigenvalue weighted by molar-refractivity contribution is -0.140. The molecule has 3 rings (SSSR count). The molecule has 1 aliphatic carbocycles. The number of nitrogens with one attached hydrogen (secondary N) is 1. The van der Waals surface area contributed by atoms with E-state index >= 15 is 0 Å². The number of ether oxygens (including phenoxy) is 2. The summed E-state index contributed by atoms with van der Waals surface area (Å²) < 4.78 is 11.4. The van der Waals surface area contributed by atoms with Crippen molar-refractivity contribution in [3.8, 4) is 11.5 Å². The number of amides is 2. The zero-order valence-corrected chi connectivity index (χ0v) is 22.8. The Hall–Kier alpha value is -2.44. The van der Waals surface area contributed by atoms with E-state index in [-0.39, 0.29) is 30.8 Å². The molecule has 0 aliphatic heterocycles. The number of carbonyl (C=O) groups excluding carboxylic acids is 2. The Labute approximate surface area is 224 Å². The SMILES string of the molecule is CCOc1ccc(CCC(=O)N(Cc2ccc(Cl)cc2Cl)[C@H](C)C(=O)NC2CCCC2)cc1OCC. The van der Waals surface area contributed by atoms with E-state index in [1.807, 2.05) is 32.0 Å². The molecule has 2 aromatic rings. The second kappa shape index (κ2) is 13.8. The normalized spacial score (nSPS) is 14.4. The van der Waals surface area contributed by atoms with E-state index in [2.05, 4.69) is 5.32 Å². The van der Waals surface area contributed by atoms with E-state index in [1.165, 1.54) is 0 Å². The molecule has 8 heteroatoms. The summed E-state index contributed by atoms with van der Waals surface area (Å²) >= 11 is 12.5. The van der Waals surface area contributed by atoms with Crippen molar-refractivity contribution in [2.75, 3.05) is 13.2 Å². The average Bonchev–Trinajstić information content (AvgIpc) is 3.36. The van der Waals surface area contributed by atoms with Gasteiger partial charge in [0.05, 0.1) is 13.2 Å². The first-order valence-electron chi connectivity index (χ1n) is 12.7. The highest BCUT2D eigenvalue weighted by Gasteiger charge is 2.28. The predicted octanol–water partition coefficient (Wildman–Crippen LogP) is 6.20. The van der Waals surface area contributed by atoms with Crippen molar-refractivity contribution in [2.24, 2.45) is 0 Å². The quantitative estimate of drug-likeness (QED) is 0.352. The first-order chi connectivity index (χ1) is 17.3. The molecule has 36 heavy (non-hydrogen) atoms. The maximum absolute atomic E-state index is 13.5. The number of hydrogen-bond acceptors (Lipinski definition) is 4. The van der Waals surface area contributed by atoms with Gasteiger partial charge in [-0.05, 0) is 75.4 Å². The van der Waals surface area contributed by atoms with Gasteiger partial charge in [0, 0.05) is 29.1 Å². The van der Waals surface area contributed by atoms with Gasteiger partial charge in [-0.3, -0.25) is 9.59 Å². The number of nitrogens with zero attached hydrogens (tertiary/aromatic N) is 1. The van der Waals surface area contributed by atoms with Crippen LogP contribution in [-0.2, 0) is 22.6 Å². The van der Waals surface area contributed by atoms with Crippen LogP contribution in [0.3, 0.4) is 0 Å². The predicted molar refractivity (Wildman–Crippen MR) is 144 cm³/mol. The zero-order chi connectivity index (χ0) is 26.1. The summed E-state index contributed by atoms with van der Waals surface area (Å²) in [6.45, 7) is 6.90. The molecule has 0 spiro atoms. The zero-order valence-electron chi connectivity index (χ0n) is 21.3. The maximum Gasteiger partial charge on any atom is 0.242 e. The molecule has 1 N–H and O–H groups in total. The van der Waals surface area contributed by atoms with Crippen LogP contribution in [0, 0.1) is 0 Å². The summed E-state index contributed by atoms with van der Waals surface area (Å²) in [5, 5.41) is 4.11. The minimum atomic E-state index is -0.635. The minimum Gasteiger partial charge on any atom is -0.490 e. The van der Waals surface area contributed by atoms with Gasteiger partial charge >= 0.3 is 0 Å². The van der Waals surface area contributed by atoms with Crippen LogP contribution in [0.4, 0.5) is 0 Å². The molecule has 1 aliphatic rings. The Morgan fingerprint density at radius 2 is 1.72 bits per heavy atom. The fourth-order valence-corrected chi connectivity index (χ4v) is 4.92. The van der Waals surface area contributed by atoms with E-state index in [0.717, 1.165) is 36.8 Å². The lowest BCUT2D eigenvalue weighted by Crippen LogP contribution is -2.49. The lowest BCUT2D eigenvalue weighted by Gasteiger charge is -2.30. The van der Waals surface area contributed by atoms with Crippen molar-refractivity contribution in [1.29, 1.82) is 0 Å². The van der Waals surface area contributed by atoms with Gasteiger partial charge in [0.2, 0.25) is 11.8 Å². The Morgan fingerprint density at radius 3 is 2.39 bits per heavy atom. The highest BCUT2D eigenvalue weighted by molar-refractivity contribution is 6.35. The van der Waals surface area contributed by atoms with Gasteiger partial charge in [0.25, 0.3) is 0 Å². The van der Waals surface area contributed by atoms with Crippen LogP contribution in [0.25, 0.3) is 0 Å². The van der Waals surface area contributed by atoms with Gasteiger partial charge < -0.3 is 19.7 Å². The monoisotopic (exact) mass is 534 g/mol. The molecule has 0 unspecified atom stereocenters. The van der Waals surface area contributed by atoms with Crippen molar-refractivity contribution in [3.05, 3.63) is 57.6 Å². The van der Waals surface area contributed by atoms with Gasteiger partial charge in [-0.25, -0.2) is 0 Å². The van der Waals surface area contributed by atoms with Crippen LogP contribution < -0.4 is 14.8 Å². The molecule has 2 aromatic carbocycles. The molecule has 0 aromatic heterocycles. The first kappa shape index (κ1) is 28.1. The van der Waals surface area contributed by atoms with Gasteiger partial charge in [-0.2, -0.15) is 0 Å². The van der Waals surface area contributed by atoms with Gasteiger partial charge in [-0.15, -0.1) is 0 Å². The second-order valence-corrected chi connectivity index (χ2v) is 9.91. The van der Waals surface area contributed by atoms with Crippen molar-refractivity contribution in [1.82, 2.24) is 10.2 Å². The number of aryl methyl sites for hydroxylation is 1. The number of benzene rings is 2. The molecule has 0 radical (unpaired) electrons. The van der Waals surface area contributed by atoms with E-state index in [4.69, 9.17) is 32.7 Å². The molecule has 2 amide bonds. The molecule has 6 nitrogen and oxygen atoms in total. The smallest absolute Gasteiger partial charge is 0.242 e. The molecular weight excluding hydrogens is 499 g/mol. The fraction of sp³-hybridized carbons (Fsp3) is 0.500. The second-order valence-electron chi connectivity index (χ2n) is 9.07. The summed E-state index contributed by atoms with van der Waals surface area (Å²) in [5.74, 6) is 1.09. The molecule has 0 heterocycles. The van der Waals surface area contributed by atoms with E-state index < -0.39 is 6.04 Å². The van der Waals surface area contributed by atoms with E-state index in [9.17, 15) is 9.59 Å².